The number of nitrogens with zero attached hydrogens (tertiary/aromatic N) is 2. The van der Waals surface area contributed by atoms with E-state index in [1.165, 1.54) is 25.4 Å². The summed E-state index contributed by atoms with van der Waals surface area (Å²) in [6, 6.07) is 6.24. The Morgan fingerprint density at radius 2 is 2.00 bits per heavy atom. The highest BCUT2D eigenvalue weighted by Gasteiger charge is 2.17. The molecular weight excluding hydrogens is 330 g/mol. The maximum Gasteiger partial charge on any atom is 0.261 e. The van der Waals surface area contributed by atoms with Gasteiger partial charge >= 0.3 is 0 Å². The Labute approximate surface area is 141 Å². The van der Waals surface area contributed by atoms with Gasteiger partial charge in [0.25, 0.3) is 10.0 Å². The molecule has 1 aromatic carbocycles. The number of hydrogen-bond donors (Lipinski definition) is 1. The zero-order valence-corrected chi connectivity index (χ0v) is 14.3. The van der Waals surface area contributed by atoms with E-state index in [-0.39, 0.29) is 4.90 Å². The number of sulfonamides is 1. The Bertz CT molecular complexity index is 765. The van der Waals surface area contributed by atoms with Crippen LogP contribution >= 0.6 is 0 Å². The molecule has 0 spiro atoms. The van der Waals surface area contributed by atoms with Crippen LogP contribution in [0.1, 0.15) is 12.8 Å². The van der Waals surface area contributed by atoms with Gasteiger partial charge in [0.05, 0.1) is 23.9 Å². The molecule has 0 radical (unpaired) electrons. The van der Waals surface area contributed by atoms with Gasteiger partial charge in [0.15, 0.2) is 0 Å². The second kappa shape index (κ2) is 7.23. The van der Waals surface area contributed by atoms with Crippen molar-refractivity contribution in [2.24, 2.45) is 5.92 Å². The van der Waals surface area contributed by atoms with Gasteiger partial charge in [-0.3, -0.25) is 9.40 Å². The number of benzene rings is 1. The largest absolute Gasteiger partial charge is 0.497 e. The van der Waals surface area contributed by atoms with Crippen molar-refractivity contribution in [3.8, 4) is 5.75 Å². The van der Waals surface area contributed by atoms with Crippen LogP contribution in [0.3, 0.4) is 0 Å². The van der Waals surface area contributed by atoms with Gasteiger partial charge in [0.1, 0.15) is 5.75 Å². The molecule has 1 aliphatic rings. The third-order valence-electron chi connectivity index (χ3n) is 4.04. The molecule has 0 unspecified atom stereocenters. The first kappa shape index (κ1) is 16.8. The van der Waals surface area contributed by atoms with Crippen molar-refractivity contribution in [1.82, 2.24) is 9.78 Å². The van der Waals surface area contributed by atoms with E-state index in [2.05, 4.69) is 9.82 Å². The normalized spacial score (nSPS) is 16.0. The van der Waals surface area contributed by atoms with Gasteiger partial charge in [-0.2, -0.15) is 5.10 Å². The lowest BCUT2D eigenvalue weighted by Gasteiger charge is -2.21. The predicted octanol–water partition coefficient (Wildman–Crippen LogP) is 2.12. The lowest BCUT2D eigenvalue weighted by Crippen LogP contribution is -2.20. The first-order valence-corrected chi connectivity index (χ1v) is 9.32. The van der Waals surface area contributed by atoms with Crippen molar-refractivity contribution < 1.29 is 17.9 Å². The zero-order valence-electron chi connectivity index (χ0n) is 13.5. The van der Waals surface area contributed by atoms with E-state index in [0.717, 1.165) is 32.6 Å². The van der Waals surface area contributed by atoms with Crippen LogP contribution in [0.15, 0.2) is 41.6 Å². The summed E-state index contributed by atoms with van der Waals surface area (Å²) >= 11 is 0. The molecule has 1 fully saturated rings. The highest BCUT2D eigenvalue weighted by Crippen LogP contribution is 2.20. The van der Waals surface area contributed by atoms with E-state index in [0.29, 0.717) is 17.4 Å². The minimum atomic E-state index is -3.64. The van der Waals surface area contributed by atoms with Gasteiger partial charge < -0.3 is 9.47 Å². The Morgan fingerprint density at radius 1 is 1.29 bits per heavy atom. The lowest BCUT2D eigenvalue weighted by molar-refractivity contribution is 0.0601. The maximum absolute atomic E-state index is 12.4. The van der Waals surface area contributed by atoms with Gasteiger partial charge in [0, 0.05) is 26.0 Å². The summed E-state index contributed by atoms with van der Waals surface area (Å²) in [5.41, 5.74) is 0.456. The number of anilines is 1. The molecule has 2 aromatic rings. The van der Waals surface area contributed by atoms with Crippen molar-refractivity contribution in [3.63, 3.8) is 0 Å². The Balaban J connectivity index is 1.66. The van der Waals surface area contributed by atoms with Gasteiger partial charge in [-0.25, -0.2) is 8.42 Å². The van der Waals surface area contributed by atoms with E-state index in [1.807, 2.05) is 0 Å². The molecule has 0 saturated carbocycles. The summed E-state index contributed by atoms with van der Waals surface area (Å²) in [6.45, 7) is 2.33. The van der Waals surface area contributed by atoms with Crippen LogP contribution in [0.5, 0.6) is 5.75 Å². The van der Waals surface area contributed by atoms with Crippen molar-refractivity contribution >= 4 is 15.7 Å². The van der Waals surface area contributed by atoms with Crippen LogP contribution in [0.25, 0.3) is 0 Å². The van der Waals surface area contributed by atoms with Crippen LogP contribution in [0.2, 0.25) is 0 Å². The van der Waals surface area contributed by atoms with Gasteiger partial charge in [-0.1, -0.05) is 0 Å². The van der Waals surface area contributed by atoms with Gasteiger partial charge in [-0.05, 0) is 43.0 Å². The standard InChI is InChI=1S/C16H21N3O4S/c1-22-15-2-4-16(5-3-15)24(20,21)18-14-10-17-19(12-14)11-13-6-8-23-9-7-13/h2-5,10,12-13,18H,6-9,11H2,1H3. The van der Waals surface area contributed by atoms with E-state index in [9.17, 15) is 8.42 Å². The number of rotatable bonds is 6. The van der Waals surface area contributed by atoms with Gasteiger partial charge in [-0.15, -0.1) is 0 Å². The molecular formula is C16H21N3O4S. The molecule has 1 aliphatic heterocycles. The Kier molecular flexibility index (Phi) is 5.06. The third-order valence-corrected chi connectivity index (χ3v) is 5.44. The van der Waals surface area contributed by atoms with Crippen molar-refractivity contribution in [2.45, 2.75) is 24.3 Å². The molecule has 7 nitrogen and oxygen atoms in total. The average Bonchev–Trinajstić information content (AvgIpc) is 3.02. The Morgan fingerprint density at radius 3 is 2.67 bits per heavy atom. The fraction of sp³-hybridized carbons (Fsp3) is 0.438. The minimum Gasteiger partial charge on any atom is -0.497 e. The van der Waals surface area contributed by atoms with Crippen LogP contribution in [-0.4, -0.2) is 38.5 Å². The highest BCUT2D eigenvalue weighted by molar-refractivity contribution is 7.92. The fourth-order valence-electron chi connectivity index (χ4n) is 2.68. The van der Waals surface area contributed by atoms with E-state index in [1.54, 1.807) is 23.0 Å². The average molecular weight is 351 g/mol. The molecule has 130 valence electrons. The number of aromatic nitrogens is 2. The van der Waals surface area contributed by atoms with E-state index in [4.69, 9.17) is 9.47 Å². The second-order valence-corrected chi connectivity index (χ2v) is 7.47. The molecule has 0 aliphatic carbocycles. The molecule has 24 heavy (non-hydrogen) atoms. The molecule has 8 heteroatoms. The molecule has 1 N–H and O–H groups in total. The topological polar surface area (TPSA) is 82.5 Å². The summed E-state index contributed by atoms with van der Waals surface area (Å²) < 4.78 is 39.5. The third kappa shape index (κ3) is 4.07. The first-order valence-electron chi connectivity index (χ1n) is 7.84. The summed E-state index contributed by atoms with van der Waals surface area (Å²) in [5.74, 6) is 1.13. The molecule has 3 rings (SSSR count). The molecule has 0 bridgehead atoms. The number of hydrogen-bond acceptors (Lipinski definition) is 5. The summed E-state index contributed by atoms with van der Waals surface area (Å²) in [6.07, 6.45) is 5.26. The van der Waals surface area contributed by atoms with Crippen molar-refractivity contribution in [3.05, 3.63) is 36.7 Å². The monoisotopic (exact) mass is 351 g/mol. The smallest absolute Gasteiger partial charge is 0.261 e. The molecule has 1 saturated heterocycles. The quantitative estimate of drug-likeness (QED) is 0.862. The summed E-state index contributed by atoms with van der Waals surface area (Å²) in [5, 5.41) is 4.24. The van der Waals surface area contributed by atoms with Crippen molar-refractivity contribution in [2.75, 3.05) is 25.0 Å². The van der Waals surface area contributed by atoms with Crippen LogP contribution < -0.4 is 9.46 Å². The van der Waals surface area contributed by atoms with Crippen LogP contribution in [-0.2, 0) is 21.3 Å². The Hall–Kier alpha value is -2.06. The van der Waals surface area contributed by atoms with Crippen LogP contribution in [0, 0.1) is 5.92 Å². The van der Waals surface area contributed by atoms with Crippen LogP contribution in [0.4, 0.5) is 5.69 Å². The highest BCUT2D eigenvalue weighted by atomic mass is 32.2. The molecule has 0 amide bonds. The lowest BCUT2D eigenvalue weighted by atomic mass is 10.0. The van der Waals surface area contributed by atoms with Gasteiger partial charge in [0.2, 0.25) is 0 Å². The van der Waals surface area contributed by atoms with E-state index < -0.39 is 10.0 Å². The zero-order chi connectivity index (χ0) is 17.0. The number of methoxy groups -OCH3 is 1. The molecule has 2 heterocycles. The summed E-state index contributed by atoms with van der Waals surface area (Å²) in [4.78, 5) is 0.181. The SMILES string of the molecule is COc1ccc(S(=O)(=O)Nc2cnn(CC3CCOCC3)c2)cc1. The van der Waals surface area contributed by atoms with E-state index >= 15 is 0 Å². The second-order valence-electron chi connectivity index (χ2n) is 5.79. The fourth-order valence-corrected chi connectivity index (χ4v) is 3.71. The first-order chi connectivity index (χ1) is 11.6. The number of ether oxygens (including phenoxy) is 2. The molecule has 0 atom stereocenters. The minimum absolute atomic E-state index is 0.181. The maximum atomic E-state index is 12.4. The summed E-state index contributed by atoms with van der Waals surface area (Å²) in [7, 11) is -2.10. The van der Waals surface area contributed by atoms with Crippen molar-refractivity contribution in [1.29, 1.82) is 0 Å². The number of nitrogens with one attached hydrogen (secondary N) is 1. The predicted molar refractivity (Wildman–Crippen MR) is 89.6 cm³/mol. The molecule has 1 aromatic heterocycles.